The molecule has 1 saturated heterocycles. The summed E-state index contributed by atoms with van der Waals surface area (Å²) in [6.07, 6.45) is -0.403. The molecule has 0 bridgehead atoms. The summed E-state index contributed by atoms with van der Waals surface area (Å²) in [4.78, 5) is 13.9. The molecule has 0 spiro atoms. The van der Waals surface area contributed by atoms with Gasteiger partial charge < -0.3 is 10.2 Å². The highest BCUT2D eigenvalue weighted by Gasteiger charge is 2.39. The van der Waals surface area contributed by atoms with E-state index in [-0.39, 0.29) is 23.7 Å². The number of anilines is 1. The first-order chi connectivity index (χ1) is 12.6. The van der Waals surface area contributed by atoms with Gasteiger partial charge in [-0.1, -0.05) is 12.1 Å². The molecule has 2 heterocycles. The number of amides is 1. The number of hydrogen-bond acceptors (Lipinski definition) is 3. The van der Waals surface area contributed by atoms with Gasteiger partial charge in [0.15, 0.2) is 0 Å². The number of alkyl halides is 3. The minimum Gasteiger partial charge on any atom is -0.310 e. The highest BCUT2D eigenvalue weighted by Crippen LogP contribution is 2.37. The molecule has 1 amide bonds. The minimum absolute atomic E-state index is 0.0835. The summed E-state index contributed by atoms with van der Waals surface area (Å²) in [5.41, 5.74) is -0.0864. The molecule has 27 heavy (non-hydrogen) atoms. The fraction of sp³-hybridized carbons (Fsp3) is 0.474. The van der Waals surface area contributed by atoms with Crippen LogP contribution in [0.5, 0.6) is 0 Å². The number of carbonyl (C=O) groups excluding carboxylic acids is 1. The van der Waals surface area contributed by atoms with Gasteiger partial charge in [-0.2, -0.15) is 18.3 Å². The smallest absolute Gasteiger partial charge is 0.310 e. The lowest BCUT2D eigenvalue weighted by Gasteiger charge is -2.21. The maximum atomic E-state index is 13.2. The number of halogens is 3. The highest BCUT2D eigenvalue weighted by molar-refractivity contribution is 6.00. The maximum Gasteiger partial charge on any atom is 0.418 e. The van der Waals surface area contributed by atoms with Gasteiger partial charge in [0.1, 0.15) is 0 Å². The molecule has 2 aromatic rings. The Bertz CT molecular complexity index is 823. The van der Waals surface area contributed by atoms with Crippen molar-refractivity contribution in [3.8, 4) is 0 Å². The average molecular weight is 380 g/mol. The fourth-order valence-electron chi connectivity index (χ4n) is 3.12. The Morgan fingerprint density at radius 2 is 1.93 bits per heavy atom. The Kier molecular flexibility index (Phi) is 5.03. The molecule has 1 fully saturated rings. The molecule has 8 heteroatoms. The highest BCUT2D eigenvalue weighted by atomic mass is 19.4. The normalized spacial score (nSPS) is 18.4. The molecule has 1 N–H and O–H groups in total. The molecular weight excluding hydrogens is 357 g/mol. The Balaban J connectivity index is 1.69. The molecule has 0 saturated carbocycles. The van der Waals surface area contributed by atoms with Crippen LogP contribution >= 0.6 is 0 Å². The van der Waals surface area contributed by atoms with Crippen LogP contribution in [0.1, 0.15) is 38.3 Å². The van der Waals surface area contributed by atoms with Gasteiger partial charge in [-0.15, -0.1) is 0 Å². The Labute approximate surface area is 156 Å². The standard InChI is InChI=1S/C19H23F3N4O/c1-18(2,3)26-12-13(11-24-26)10-23-15-8-9-25(17(15)27)16-7-5-4-6-14(16)19(20,21)22/h4-7,11-12,15,23H,8-10H2,1-3H3. The van der Waals surface area contributed by atoms with Gasteiger partial charge in [-0.3, -0.25) is 9.48 Å². The molecule has 146 valence electrons. The van der Waals surface area contributed by atoms with E-state index in [1.165, 1.54) is 23.1 Å². The van der Waals surface area contributed by atoms with Crippen molar-refractivity contribution in [1.82, 2.24) is 15.1 Å². The maximum absolute atomic E-state index is 13.2. The van der Waals surface area contributed by atoms with Crippen molar-refractivity contribution in [1.29, 1.82) is 0 Å². The van der Waals surface area contributed by atoms with E-state index < -0.39 is 17.8 Å². The largest absolute Gasteiger partial charge is 0.418 e. The van der Waals surface area contributed by atoms with E-state index in [9.17, 15) is 18.0 Å². The van der Waals surface area contributed by atoms with Gasteiger partial charge >= 0.3 is 6.18 Å². The second-order valence-electron chi connectivity index (χ2n) is 7.69. The summed E-state index contributed by atoms with van der Waals surface area (Å²) in [5.74, 6) is -0.338. The topological polar surface area (TPSA) is 50.2 Å². The molecule has 0 radical (unpaired) electrons. The predicted molar refractivity (Wildman–Crippen MR) is 96.3 cm³/mol. The molecule has 5 nitrogen and oxygen atoms in total. The number of rotatable bonds is 4. The van der Waals surface area contributed by atoms with Gasteiger partial charge in [0.2, 0.25) is 5.91 Å². The predicted octanol–water partition coefficient (Wildman–Crippen LogP) is 3.55. The molecule has 1 unspecified atom stereocenters. The van der Waals surface area contributed by atoms with Crippen LogP contribution in [0.3, 0.4) is 0 Å². The average Bonchev–Trinajstić information content (AvgIpc) is 3.19. The lowest BCUT2D eigenvalue weighted by molar-refractivity contribution is -0.137. The van der Waals surface area contributed by atoms with Crippen LogP contribution in [0, 0.1) is 0 Å². The summed E-state index contributed by atoms with van der Waals surface area (Å²) >= 11 is 0. The van der Waals surface area contributed by atoms with Crippen molar-refractivity contribution in [2.45, 2.75) is 51.5 Å². The molecule has 3 rings (SSSR count). The van der Waals surface area contributed by atoms with Gasteiger partial charge in [0, 0.05) is 24.8 Å². The van der Waals surface area contributed by atoms with E-state index in [0.717, 1.165) is 11.6 Å². The van der Waals surface area contributed by atoms with E-state index in [0.29, 0.717) is 13.0 Å². The zero-order valence-electron chi connectivity index (χ0n) is 15.5. The number of carbonyl (C=O) groups is 1. The van der Waals surface area contributed by atoms with Crippen LogP contribution in [-0.2, 0) is 23.1 Å². The van der Waals surface area contributed by atoms with Crippen LogP contribution in [0.25, 0.3) is 0 Å². The quantitative estimate of drug-likeness (QED) is 0.883. The summed E-state index contributed by atoms with van der Waals surface area (Å²) < 4.78 is 41.5. The number of nitrogens with zero attached hydrogens (tertiary/aromatic N) is 3. The second-order valence-corrected chi connectivity index (χ2v) is 7.69. The van der Waals surface area contributed by atoms with Crippen LogP contribution < -0.4 is 10.2 Å². The first-order valence-electron chi connectivity index (χ1n) is 8.82. The molecule has 1 aromatic heterocycles. The third-order valence-corrected chi connectivity index (χ3v) is 4.58. The van der Waals surface area contributed by atoms with E-state index >= 15 is 0 Å². The van der Waals surface area contributed by atoms with Crippen molar-refractivity contribution < 1.29 is 18.0 Å². The van der Waals surface area contributed by atoms with E-state index in [1.54, 1.807) is 6.20 Å². The molecule has 1 aromatic carbocycles. The summed E-state index contributed by atoms with van der Waals surface area (Å²) in [6, 6.07) is 4.68. The molecule has 1 aliphatic heterocycles. The first-order valence-corrected chi connectivity index (χ1v) is 8.82. The van der Waals surface area contributed by atoms with Crippen molar-refractivity contribution in [2.75, 3.05) is 11.4 Å². The molecule has 1 atom stereocenters. The van der Waals surface area contributed by atoms with Crippen molar-refractivity contribution >= 4 is 11.6 Å². The number of nitrogens with one attached hydrogen (secondary N) is 1. The van der Waals surface area contributed by atoms with Crippen molar-refractivity contribution in [3.05, 3.63) is 47.8 Å². The Morgan fingerprint density at radius 3 is 2.56 bits per heavy atom. The van der Waals surface area contributed by atoms with Crippen molar-refractivity contribution in [3.63, 3.8) is 0 Å². The van der Waals surface area contributed by atoms with Crippen LogP contribution in [-0.4, -0.2) is 28.3 Å². The zero-order valence-corrected chi connectivity index (χ0v) is 15.5. The lowest BCUT2D eigenvalue weighted by Crippen LogP contribution is -2.38. The number of aromatic nitrogens is 2. The number of hydrogen-bond donors (Lipinski definition) is 1. The Morgan fingerprint density at radius 1 is 1.22 bits per heavy atom. The monoisotopic (exact) mass is 380 g/mol. The van der Waals surface area contributed by atoms with Crippen LogP contribution in [0.2, 0.25) is 0 Å². The van der Waals surface area contributed by atoms with Crippen LogP contribution in [0.4, 0.5) is 18.9 Å². The zero-order chi connectivity index (χ0) is 19.8. The first kappa shape index (κ1) is 19.4. The summed E-state index contributed by atoms with van der Waals surface area (Å²) in [5, 5.41) is 7.45. The molecule has 1 aliphatic rings. The third-order valence-electron chi connectivity index (χ3n) is 4.58. The second kappa shape index (κ2) is 6.99. The van der Waals surface area contributed by atoms with Gasteiger partial charge in [-0.05, 0) is 39.3 Å². The van der Waals surface area contributed by atoms with E-state index in [1.807, 2.05) is 31.6 Å². The Hall–Kier alpha value is -2.35. The number of para-hydroxylation sites is 1. The van der Waals surface area contributed by atoms with E-state index in [4.69, 9.17) is 0 Å². The summed E-state index contributed by atoms with van der Waals surface area (Å²) in [7, 11) is 0. The molecular formula is C19H23F3N4O. The van der Waals surface area contributed by atoms with Gasteiger partial charge in [0.05, 0.1) is 29.0 Å². The summed E-state index contributed by atoms with van der Waals surface area (Å²) in [6.45, 7) is 6.79. The van der Waals surface area contributed by atoms with E-state index in [2.05, 4.69) is 10.4 Å². The minimum atomic E-state index is -4.50. The fourth-order valence-corrected chi connectivity index (χ4v) is 3.12. The molecule has 0 aliphatic carbocycles. The van der Waals surface area contributed by atoms with Crippen LogP contribution in [0.15, 0.2) is 36.7 Å². The lowest BCUT2D eigenvalue weighted by atomic mass is 10.1. The SMILES string of the molecule is CC(C)(C)n1cc(CNC2CCN(c3ccccc3C(F)(F)F)C2=O)cn1. The third kappa shape index (κ3) is 4.16. The van der Waals surface area contributed by atoms with Gasteiger partial charge in [-0.25, -0.2) is 0 Å². The number of benzene rings is 1. The van der Waals surface area contributed by atoms with Gasteiger partial charge in [0.25, 0.3) is 0 Å². The van der Waals surface area contributed by atoms with Crippen molar-refractivity contribution in [2.24, 2.45) is 0 Å².